The van der Waals surface area contributed by atoms with Crippen molar-refractivity contribution in [3.8, 4) is 0 Å². The molecule has 1 N–H and O–H groups in total. The van der Waals surface area contributed by atoms with Gasteiger partial charge in [-0.3, -0.25) is 0 Å². The average Bonchev–Trinajstić information content (AvgIpc) is 2.66. The lowest BCUT2D eigenvalue weighted by molar-refractivity contribution is 0.0558. The van der Waals surface area contributed by atoms with Crippen molar-refractivity contribution in [3.05, 3.63) is 24.3 Å². The molecule has 0 aliphatic carbocycles. The van der Waals surface area contributed by atoms with Gasteiger partial charge in [-0.1, -0.05) is 0 Å². The fourth-order valence-corrected chi connectivity index (χ4v) is 1.82. The van der Waals surface area contributed by atoms with E-state index < -0.39 is 0 Å². The first-order valence-corrected chi connectivity index (χ1v) is 5.45. The first-order chi connectivity index (χ1) is 7.34. The predicted octanol–water partition coefficient (Wildman–Crippen LogP) is 1.13. The SMILES string of the molecule is CC1CCC(CNCc2ccncn2)O1. The molecule has 4 heteroatoms. The molecule has 1 aromatic heterocycles. The van der Waals surface area contributed by atoms with Crippen molar-refractivity contribution >= 4 is 0 Å². The molecule has 0 amide bonds. The van der Waals surface area contributed by atoms with Crippen LogP contribution in [-0.2, 0) is 11.3 Å². The van der Waals surface area contributed by atoms with Gasteiger partial charge in [-0.25, -0.2) is 9.97 Å². The van der Waals surface area contributed by atoms with E-state index in [-0.39, 0.29) is 0 Å². The van der Waals surface area contributed by atoms with E-state index in [1.165, 1.54) is 6.42 Å². The Morgan fingerprint density at radius 2 is 2.47 bits per heavy atom. The van der Waals surface area contributed by atoms with Crippen molar-refractivity contribution in [2.24, 2.45) is 0 Å². The summed E-state index contributed by atoms with van der Waals surface area (Å²) in [6.45, 7) is 3.83. The van der Waals surface area contributed by atoms with Gasteiger partial charge in [0.15, 0.2) is 0 Å². The van der Waals surface area contributed by atoms with Gasteiger partial charge in [0.2, 0.25) is 0 Å². The zero-order chi connectivity index (χ0) is 10.5. The molecule has 2 atom stereocenters. The van der Waals surface area contributed by atoms with Gasteiger partial charge in [-0.15, -0.1) is 0 Å². The fourth-order valence-electron chi connectivity index (χ4n) is 1.82. The third-order valence-corrected chi connectivity index (χ3v) is 2.64. The highest BCUT2D eigenvalue weighted by molar-refractivity contribution is 4.96. The summed E-state index contributed by atoms with van der Waals surface area (Å²) in [4.78, 5) is 8.02. The summed E-state index contributed by atoms with van der Waals surface area (Å²) in [5.41, 5.74) is 1.02. The van der Waals surface area contributed by atoms with Crippen molar-refractivity contribution in [3.63, 3.8) is 0 Å². The summed E-state index contributed by atoms with van der Waals surface area (Å²) >= 11 is 0. The number of hydrogen-bond donors (Lipinski definition) is 1. The van der Waals surface area contributed by atoms with Crippen LogP contribution in [0.3, 0.4) is 0 Å². The van der Waals surface area contributed by atoms with E-state index in [4.69, 9.17) is 4.74 Å². The highest BCUT2D eigenvalue weighted by atomic mass is 16.5. The third-order valence-electron chi connectivity index (χ3n) is 2.64. The Kier molecular flexibility index (Phi) is 3.64. The second-order valence-electron chi connectivity index (χ2n) is 3.98. The molecule has 15 heavy (non-hydrogen) atoms. The Balaban J connectivity index is 1.67. The molecular weight excluding hydrogens is 190 g/mol. The van der Waals surface area contributed by atoms with Gasteiger partial charge in [0, 0.05) is 19.3 Å². The second kappa shape index (κ2) is 5.19. The molecule has 1 saturated heterocycles. The standard InChI is InChI=1S/C11H17N3O/c1-9-2-3-11(15-9)7-13-6-10-4-5-12-8-14-10/h4-5,8-9,11,13H,2-3,6-7H2,1H3. The molecule has 2 rings (SSSR count). The van der Waals surface area contributed by atoms with Crippen LogP contribution in [0, 0.1) is 0 Å². The monoisotopic (exact) mass is 207 g/mol. The Bertz CT molecular complexity index is 291. The minimum Gasteiger partial charge on any atom is -0.374 e. The molecule has 1 aliphatic rings. The zero-order valence-corrected chi connectivity index (χ0v) is 9.02. The van der Waals surface area contributed by atoms with Gasteiger partial charge >= 0.3 is 0 Å². The smallest absolute Gasteiger partial charge is 0.115 e. The molecule has 0 saturated carbocycles. The van der Waals surface area contributed by atoms with E-state index in [1.807, 2.05) is 6.07 Å². The van der Waals surface area contributed by atoms with Crippen LogP contribution >= 0.6 is 0 Å². The molecule has 4 nitrogen and oxygen atoms in total. The topological polar surface area (TPSA) is 47.0 Å². The van der Waals surface area contributed by atoms with Crippen molar-refractivity contribution in [1.29, 1.82) is 0 Å². The highest BCUT2D eigenvalue weighted by Crippen LogP contribution is 2.18. The number of nitrogens with zero attached hydrogens (tertiary/aromatic N) is 2. The Morgan fingerprint density at radius 3 is 3.13 bits per heavy atom. The van der Waals surface area contributed by atoms with Gasteiger partial charge < -0.3 is 10.1 Å². The lowest BCUT2D eigenvalue weighted by Crippen LogP contribution is -2.26. The normalized spacial score (nSPS) is 25.7. The highest BCUT2D eigenvalue weighted by Gasteiger charge is 2.20. The molecule has 2 unspecified atom stereocenters. The van der Waals surface area contributed by atoms with Crippen LogP contribution in [0.5, 0.6) is 0 Å². The minimum atomic E-state index is 0.377. The summed E-state index contributed by atoms with van der Waals surface area (Å²) in [6.07, 6.45) is 6.49. The fraction of sp³-hybridized carbons (Fsp3) is 0.636. The summed E-state index contributed by atoms with van der Waals surface area (Å²) in [7, 11) is 0. The van der Waals surface area contributed by atoms with Crippen molar-refractivity contribution < 1.29 is 4.74 Å². The average molecular weight is 207 g/mol. The van der Waals surface area contributed by atoms with E-state index in [0.29, 0.717) is 12.2 Å². The molecule has 0 bridgehead atoms. The lowest BCUT2D eigenvalue weighted by Gasteiger charge is -2.11. The quantitative estimate of drug-likeness (QED) is 0.804. The lowest BCUT2D eigenvalue weighted by atomic mass is 10.2. The van der Waals surface area contributed by atoms with E-state index in [2.05, 4.69) is 22.2 Å². The maximum Gasteiger partial charge on any atom is 0.115 e. The van der Waals surface area contributed by atoms with Gasteiger partial charge in [-0.05, 0) is 25.8 Å². The van der Waals surface area contributed by atoms with Gasteiger partial charge in [-0.2, -0.15) is 0 Å². The van der Waals surface area contributed by atoms with E-state index in [1.54, 1.807) is 12.5 Å². The van der Waals surface area contributed by atoms with Crippen LogP contribution in [0.1, 0.15) is 25.5 Å². The van der Waals surface area contributed by atoms with E-state index in [9.17, 15) is 0 Å². The molecule has 1 fully saturated rings. The molecular formula is C11H17N3O. The molecule has 82 valence electrons. The van der Waals surface area contributed by atoms with Crippen LogP contribution in [0.2, 0.25) is 0 Å². The number of aromatic nitrogens is 2. The molecule has 1 aliphatic heterocycles. The summed E-state index contributed by atoms with van der Waals surface area (Å²) in [6, 6.07) is 1.92. The summed E-state index contributed by atoms with van der Waals surface area (Å²) in [5.74, 6) is 0. The van der Waals surface area contributed by atoms with Gasteiger partial charge in [0.25, 0.3) is 0 Å². The Morgan fingerprint density at radius 1 is 1.53 bits per heavy atom. The first-order valence-electron chi connectivity index (χ1n) is 5.45. The van der Waals surface area contributed by atoms with Crippen LogP contribution in [0.25, 0.3) is 0 Å². The minimum absolute atomic E-state index is 0.377. The zero-order valence-electron chi connectivity index (χ0n) is 9.02. The Labute approximate surface area is 90.1 Å². The van der Waals surface area contributed by atoms with Crippen LogP contribution in [0.15, 0.2) is 18.6 Å². The van der Waals surface area contributed by atoms with Crippen molar-refractivity contribution in [2.75, 3.05) is 6.54 Å². The molecule has 0 spiro atoms. The molecule has 0 aromatic carbocycles. The number of rotatable bonds is 4. The third kappa shape index (κ3) is 3.25. The maximum absolute atomic E-state index is 5.70. The maximum atomic E-state index is 5.70. The second-order valence-corrected chi connectivity index (χ2v) is 3.98. The summed E-state index contributed by atoms with van der Waals surface area (Å²) < 4.78 is 5.70. The van der Waals surface area contributed by atoms with E-state index >= 15 is 0 Å². The Hall–Kier alpha value is -1.00. The van der Waals surface area contributed by atoms with E-state index in [0.717, 1.165) is 25.2 Å². The van der Waals surface area contributed by atoms with Crippen LogP contribution < -0.4 is 5.32 Å². The van der Waals surface area contributed by atoms with Gasteiger partial charge in [0.1, 0.15) is 6.33 Å². The first kappa shape index (κ1) is 10.5. The van der Waals surface area contributed by atoms with Crippen molar-refractivity contribution in [2.45, 2.75) is 38.5 Å². The van der Waals surface area contributed by atoms with Crippen LogP contribution in [-0.4, -0.2) is 28.7 Å². The van der Waals surface area contributed by atoms with Crippen LogP contribution in [0.4, 0.5) is 0 Å². The summed E-state index contributed by atoms with van der Waals surface area (Å²) in [5, 5.41) is 3.35. The number of hydrogen-bond acceptors (Lipinski definition) is 4. The molecule has 2 heterocycles. The molecule has 1 aromatic rings. The number of nitrogens with one attached hydrogen (secondary N) is 1. The molecule has 0 radical (unpaired) electrons. The predicted molar refractivity (Wildman–Crippen MR) is 57.3 cm³/mol. The van der Waals surface area contributed by atoms with Gasteiger partial charge in [0.05, 0.1) is 17.9 Å². The largest absolute Gasteiger partial charge is 0.374 e. The van der Waals surface area contributed by atoms with Crippen molar-refractivity contribution in [1.82, 2.24) is 15.3 Å². The number of ether oxygens (including phenoxy) is 1.